The summed E-state index contributed by atoms with van der Waals surface area (Å²) in [6.07, 6.45) is 5.40. The van der Waals surface area contributed by atoms with Gasteiger partial charge in [-0.25, -0.2) is 5.48 Å². The standard InChI is InChI=1S/C23H24Cl3NO5/c1-15(2)4-11-19-20(30-3)12-7-17(8-13-21(28)27-29)22(19)31-14-16-5-9-18(10-6-16)32-23(24,25)26/h4-10,12-13,29H,11,14H2,1-3H3,(H,27,28)/b13-8+. The van der Waals surface area contributed by atoms with Crippen molar-refractivity contribution in [1.29, 1.82) is 0 Å². The minimum Gasteiger partial charge on any atom is -0.496 e. The van der Waals surface area contributed by atoms with Gasteiger partial charge < -0.3 is 14.2 Å². The van der Waals surface area contributed by atoms with E-state index in [2.05, 4.69) is 6.08 Å². The van der Waals surface area contributed by atoms with Crippen LogP contribution in [0.4, 0.5) is 0 Å². The van der Waals surface area contributed by atoms with Crippen LogP contribution >= 0.6 is 34.8 Å². The van der Waals surface area contributed by atoms with Gasteiger partial charge in [0.05, 0.1) is 7.11 Å². The number of carbonyl (C=O) groups excluding carboxylic acids is 1. The fourth-order valence-corrected chi connectivity index (χ4v) is 3.03. The monoisotopic (exact) mass is 499 g/mol. The summed E-state index contributed by atoms with van der Waals surface area (Å²) in [5.74, 6) is 0.971. The van der Waals surface area contributed by atoms with Gasteiger partial charge in [-0.2, -0.15) is 0 Å². The summed E-state index contributed by atoms with van der Waals surface area (Å²) >= 11 is 16.9. The van der Waals surface area contributed by atoms with Crippen LogP contribution in [0.5, 0.6) is 17.2 Å². The molecule has 0 aliphatic carbocycles. The van der Waals surface area contributed by atoms with E-state index in [0.29, 0.717) is 29.2 Å². The highest BCUT2D eigenvalue weighted by Crippen LogP contribution is 2.35. The molecule has 0 heterocycles. The van der Waals surface area contributed by atoms with Gasteiger partial charge in [0.25, 0.3) is 5.91 Å². The van der Waals surface area contributed by atoms with Crippen molar-refractivity contribution in [3.8, 4) is 17.2 Å². The van der Waals surface area contributed by atoms with Gasteiger partial charge in [0.1, 0.15) is 23.9 Å². The molecular weight excluding hydrogens is 477 g/mol. The minimum absolute atomic E-state index is 0.232. The summed E-state index contributed by atoms with van der Waals surface area (Å²) in [6, 6.07) is 10.5. The van der Waals surface area contributed by atoms with Crippen LogP contribution in [-0.4, -0.2) is 22.2 Å². The van der Waals surface area contributed by atoms with Crippen LogP contribution < -0.4 is 19.7 Å². The van der Waals surface area contributed by atoms with Crippen LogP contribution in [0.1, 0.15) is 30.5 Å². The maximum Gasteiger partial charge on any atom is 0.338 e. The zero-order valence-corrected chi connectivity index (χ0v) is 20.1. The van der Waals surface area contributed by atoms with Crippen molar-refractivity contribution in [3.05, 3.63) is 70.8 Å². The number of alkyl halides is 3. The van der Waals surface area contributed by atoms with Crippen LogP contribution in [0.25, 0.3) is 6.08 Å². The van der Waals surface area contributed by atoms with Crippen LogP contribution in [0.2, 0.25) is 0 Å². The van der Waals surface area contributed by atoms with E-state index in [1.54, 1.807) is 55.1 Å². The molecule has 2 aromatic rings. The molecule has 0 saturated carbocycles. The average molecular weight is 501 g/mol. The van der Waals surface area contributed by atoms with Crippen molar-refractivity contribution < 1.29 is 24.2 Å². The Kier molecular flexibility index (Phi) is 9.72. The van der Waals surface area contributed by atoms with Gasteiger partial charge in [-0.3, -0.25) is 10.0 Å². The number of allylic oxidation sites excluding steroid dienone is 2. The van der Waals surface area contributed by atoms with Gasteiger partial charge in [0.2, 0.25) is 0 Å². The van der Waals surface area contributed by atoms with Crippen molar-refractivity contribution in [1.82, 2.24) is 5.48 Å². The van der Waals surface area contributed by atoms with E-state index >= 15 is 0 Å². The molecule has 6 nitrogen and oxygen atoms in total. The zero-order valence-electron chi connectivity index (χ0n) is 17.8. The molecule has 0 aromatic heterocycles. The fraction of sp³-hybridized carbons (Fsp3) is 0.261. The van der Waals surface area contributed by atoms with Gasteiger partial charge in [0.15, 0.2) is 0 Å². The second-order valence-corrected chi connectivity index (χ2v) is 9.12. The molecule has 0 bridgehead atoms. The third-order valence-electron chi connectivity index (χ3n) is 4.25. The first kappa shape index (κ1) is 25.9. The summed E-state index contributed by atoms with van der Waals surface area (Å²) in [4.78, 5) is 11.5. The van der Waals surface area contributed by atoms with Gasteiger partial charge in [0, 0.05) is 17.2 Å². The van der Waals surface area contributed by atoms with Gasteiger partial charge in [-0.05, 0) is 91.0 Å². The second-order valence-electron chi connectivity index (χ2n) is 6.94. The number of methoxy groups -OCH3 is 1. The van der Waals surface area contributed by atoms with E-state index in [1.165, 1.54) is 6.08 Å². The summed E-state index contributed by atoms with van der Waals surface area (Å²) in [7, 11) is 1.59. The van der Waals surface area contributed by atoms with Crippen LogP contribution in [0, 0.1) is 0 Å². The number of hydrogen-bond acceptors (Lipinski definition) is 5. The highest BCUT2D eigenvalue weighted by atomic mass is 35.6. The Balaban J connectivity index is 2.36. The van der Waals surface area contributed by atoms with E-state index in [-0.39, 0.29) is 6.61 Å². The molecule has 2 rings (SSSR count). The molecule has 9 heteroatoms. The first-order chi connectivity index (χ1) is 15.1. The number of carbonyl (C=O) groups is 1. The molecule has 0 fully saturated rings. The molecule has 0 aliphatic rings. The summed E-state index contributed by atoms with van der Waals surface area (Å²) in [5.41, 5.74) is 5.05. The summed E-state index contributed by atoms with van der Waals surface area (Å²) in [6.45, 7) is 4.24. The predicted molar refractivity (Wildman–Crippen MR) is 127 cm³/mol. The molecule has 0 saturated heterocycles. The number of hydroxylamine groups is 1. The van der Waals surface area contributed by atoms with E-state index in [4.69, 9.17) is 54.2 Å². The normalized spacial score (nSPS) is 11.2. The Morgan fingerprint density at radius 3 is 2.38 bits per heavy atom. The third kappa shape index (κ3) is 8.28. The highest BCUT2D eigenvalue weighted by molar-refractivity contribution is 6.66. The number of amides is 1. The Morgan fingerprint density at radius 1 is 1.12 bits per heavy atom. The number of halogens is 3. The van der Waals surface area contributed by atoms with E-state index in [9.17, 15) is 4.79 Å². The molecule has 0 radical (unpaired) electrons. The molecule has 0 unspecified atom stereocenters. The lowest BCUT2D eigenvalue weighted by molar-refractivity contribution is -0.124. The zero-order chi connectivity index (χ0) is 23.7. The smallest absolute Gasteiger partial charge is 0.338 e. The molecule has 0 aliphatic heterocycles. The largest absolute Gasteiger partial charge is 0.496 e. The molecular formula is C23H24Cl3NO5. The van der Waals surface area contributed by atoms with Crippen molar-refractivity contribution in [3.63, 3.8) is 0 Å². The van der Waals surface area contributed by atoms with Gasteiger partial charge in [-0.15, -0.1) is 0 Å². The Hall–Kier alpha value is -2.38. The lowest BCUT2D eigenvalue weighted by Crippen LogP contribution is -2.14. The fourth-order valence-electron chi connectivity index (χ4n) is 2.77. The van der Waals surface area contributed by atoms with E-state index in [0.717, 1.165) is 16.7 Å². The third-order valence-corrected chi connectivity index (χ3v) is 4.48. The molecule has 0 atom stereocenters. The molecule has 2 N–H and O–H groups in total. The van der Waals surface area contributed by atoms with Crippen molar-refractivity contribution in [2.75, 3.05) is 7.11 Å². The lowest BCUT2D eigenvalue weighted by atomic mass is 10.0. The Morgan fingerprint density at radius 2 is 1.81 bits per heavy atom. The van der Waals surface area contributed by atoms with Crippen LogP contribution in [0.15, 0.2) is 54.1 Å². The Labute approximate surface area is 202 Å². The predicted octanol–water partition coefficient (Wildman–Crippen LogP) is 6.01. The van der Waals surface area contributed by atoms with Crippen molar-refractivity contribution in [2.24, 2.45) is 0 Å². The maximum absolute atomic E-state index is 11.5. The molecule has 172 valence electrons. The number of nitrogens with one attached hydrogen (secondary N) is 1. The molecule has 1 amide bonds. The number of hydrogen-bond donors (Lipinski definition) is 2. The van der Waals surface area contributed by atoms with E-state index in [1.807, 2.05) is 13.8 Å². The van der Waals surface area contributed by atoms with Crippen LogP contribution in [-0.2, 0) is 17.8 Å². The number of benzene rings is 2. The topological polar surface area (TPSA) is 77.0 Å². The first-order valence-electron chi connectivity index (χ1n) is 9.55. The lowest BCUT2D eigenvalue weighted by Gasteiger charge is -2.18. The number of ether oxygens (including phenoxy) is 3. The summed E-state index contributed by atoms with van der Waals surface area (Å²) < 4.78 is 15.0. The summed E-state index contributed by atoms with van der Waals surface area (Å²) in [5, 5.41) is 8.76. The number of rotatable bonds is 9. The van der Waals surface area contributed by atoms with Crippen LogP contribution in [0.3, 0.4) is 0 Å². The quantitative estimate of drug-likeness (QED) is 0.145. The maximum atomic E-state index is 11.5. The molecule has 0 spiro atoms. The van der Waals surface area contributed by atoms with Gasteiger partial charge >= 0.3 is 3.98 Å². The molecule has 2 aromatic carbocycles. The second kappa shape index (κ2) is 12.0. The van der Waals surface area contributed by atoms with Crippen molar-refractivity contribution in [2.45, 2.75) is 30.9 Å². The van der Waals surface area contributed by atoms with Crippen molar-refractivity contribution >= 4 is 46.8 Å². The Bertz CT molecular complexity index is 978. The minimum atomic E-state index is -1.85. The first-order valence-corrected chi connectivity index (χ1v) is 10.7. The SMILES string of the molecule is COc1ccc(/C=C/C(=O)NO)c(OCc2ccc(OC(Cl)(Cl)Cl)cc2)c1CC=C(C)C. The average Bonchev–Trinajstić information content (AvgIpc) is 2.74. The van der Waals surface area contributed by atoms with E-state index < -0.39 is 9.89 Å². The molecule has 32 heavy (non-hydrogen) atoms. The van der Waals surface area contributed by atoms with Gasteiger partial charge in [-0.1, -0.05) is 23.8 Å². The highest BCUT2D eigenvalue weighted by Gasteiger charge is 2.21.